The monoisotopic (exact) mass is 270 g/mol. The molecule has 1 aromatic heterocycles. The van der Waals surface area contributed by atoms with Crippen molar-refractivity contribution in [3.63, 3.8) is 0 Å². The summed E-state index contributed by atoms with van der Waals surface area (Å²) in [5.41, 5.74) is 6.01. The van der Waals surface area contributed by atoms with Gasteiger partial charge in [-0.2, -0.15) is 0 Å². The first-order chi connectivity index (χ1) is 8.44. The third kappa shape index (κ3) is 5.16. The number of nitrogens with one attached hydrogen (secondary N) is 1. The van der Waals surface area contributed by atoms with Gasteiger partial charge in [0.2, 0.25) is 5.91 Å². The maximum Gasteiger partial charge on any atom is 0.249 e. The summed E-state index contributed by atoms with van der Waals surface area (Å²) in [6.45, 7) is 6.89. The fraction of sp³-hybridized carbons (Fsp3) is 0.615. The molecule has 0 radical (unpaired) electrons. The van der Waals surface area contributed by atoms with Gasteiger partial charge >= 0.3 is 0 Å². The first-order valence-corrected chi connectivity index (χ1v) is 6.89. The molecular formula is C13H22N2O2S. The molecule has 4 nitrogen and oxygen atoms in total. The van der Waals surface area contributed by atoms with Crippen LogP contribution in [0.15, 0.2) is 11.4 Å². The van der Waals surface area contributed by atoms with Crippen molar-refractivity contribution in [1.82, 2.24) is 5.32 Å². The summed E-state index contributed by atoms with van der Waals surface area (Å²) in [6, 6.07) is 1.85. The van der Waals surface area contributed by atoms with E-state index in [-0.39, 0.29) is 11.3 Å². The molecule has 0 saturated carbocycles. The number of hydrogen-bond acceptors (Lipinski definition) is 4. The van der Waals surface area contributed by atoms with Crippen LogP contribution in [-0.4, -0.2) is 26.2 Å². The highest BCUT2D eigenvalue weighted by atomic mass is 32.1. The van der Waals surface area contributed by atoms with Crippen LogP contribution in [0.25, 0.3) is 0 Å². The lowest BCUT2D eigenvalue weighted by molar-refractivity contribution is 0.100. The summed E-state index contributed by atoms with van der Waals surface area (Å²) in [5.74, 6) is -0.363. The Morgan fingerprint density at radius 2 is 2.28 bits per heavy atom. The maximum absolute atomic E-state index is 11.0. The molecule has 5 heteroatoms. The van der Waals surface area contributed by atoms with Crippen molar-refractivity contribution in [2.75, 3.05) is 20.3 Å². The SMILES string of the molecule is COCCC(C)(C)CNCc1cc(C(N)=O)cs1. The number of methoxy groups -OCH3 is 1. The van der Waals surface area contributed by atoms with E-state index in [1.54, 1.807) is 23.8 Å². The summed E-state index contributed by atoms with van der Waals surface area (Å²) in [4.78, 5) is 12.1. The highest BCUT2D eigenvalue weighted by molar-refractivity contribution is 7.10. The molecular weight excluding hydrogens is 248 g/mol. The normalized spacial score (nSPS) is 11.7. The molecule has 0 fully saturated rings. The number of primary amides is 1. The van der Waals surface area contributed by atoms with Gasteiger partial charge in [-0.05, 0) is 17.9 Å². The molecule has 0 unspecified atom stereocenters. The zero-order chi connectivity index (χ0) is 13.6. The number of rotatable bonds is 8. The highest BCUT2D eigenvalue weighted by Gasteiger charge is 2.16. The van der Waals surface area contributed by atoms with Crippen molar-refractivity contribution in [2.45, 2.75) is 26.8 Å². The molecule has 1 heterocycles. The molecule has 0 aliphatic heterocycles. The van der Waals surface area contributed by atoms with Crippen LogP contribution < -0.4 is 11.1 Å². The van der Waals surface area contributed by atoms with Gasteiger partial charge in [-0.3, -0.25) is 4.79 Å². The lowest BCUT2D eigenvalue weighted by atomic mass is 9.90. The first-order valence-electron chi connectivity index (χ1n) is 6.01. The third-order valence-electron chi connectivity index (χ3n) is 2.82. The molecule has 1 amide bonds. The van der Waals surface area contributed by atoms with Gasteiger partial charge in [0.1, 0.15) is 0 Å². The van der Waals surface area contributed by atoms with E-state index in [1.807, 2.05) is 6.07 Å². The van der Waals surface area contributed by atoms with Crippen LogP contribution in [0, 0.1) is 5.41 Å². The molecule has 1 aromatic rings. The third-order valence-corrected chi connectivity index (χ3v) is 3.76. The molecule has 0 atom stereocenters. The van der Waals surface area contributed by atoms with Gasteiger partial charge in [-0.15, -0.1) is 11.3 Å². The van der Waals surface area contributed by atoms with E-state index in [0.717, 1.165) is 31.0 Å². The summed E-state index contributed by atoms with van der Waals surface area (Å²) in [7, 11) is 1.72. The van der Waals surface area contributed by atoms with Crippen molar-refractivity contribution in [1.29, 1.82) is 0 Å². The molecule has 0 aromatic carbocycles. The van der Waals surface area contributed by atoms with E-state index >= 15 is 0 Å². The molecule has 0 aliphatic carbocycles. The Labute approximate surface area is 113 Å². The van der Waals surface area contributed by atoms with Gasteiger partial charge in [-0.1, -0.05) is 13.8 Å². The van der Waals surface area contributed by atoms with E-state index in [9.17, 15) is 4.79 Å². The van der Waals surface area contributed by atoms with E-state index in [2.05, 4.69) is 19.2 Å². The molecule has 18 heavy (non-hydrogen) atoms. The summed E-state index contributed by atoms with van der Waals surface area (Å²) in [6.07, 6.45) is 1.02. The van der Waals surface area contributed by atoms with E-state index in [0.29, 0.717) is 5.56 Å². The number of thiophene rings is 1. The first kappa shape index (κ1) is 15.1. The van der Waals surface area contributed by atoms with Crippen molar-refractivity contribution >= 4 is 17.2 Å². The maximum atomic E-state index is 11.0. The lowest BCUT2D eigenvalue weighted by Crippen LogP contribution is -2.29. The van der Waals surface area contributed by atoms with Gasteiger partial charge in [-0.25, -0.2) is 0 Å². The number of ether oxygens (including phenoxy) is 1. The quantitative estimate of drug-likeness (QED) is 0.759. The largest absolute Gasteiger partial charge is 0.385 e. The predicted octanol–water partition coefficient (Wildman–Crippen LogP) is 2.00. The molecule has 0 aliphatic rings. The zero-order valence-corrected chi connectivity index (χ0v) is 12.1. The highest BCUT2D eigenvalue weighted by Crippen LogP contribution is 2.19. The van der Waals surface area contributed by atoms with Crippen LogP contribution >= 0.6 is 11.3 Å². The fourth-order valence-corrected chi connectivity index (χ4v) is 2.44. The van der Waals surface area contributed by atoms with Crippen LogP contribution in [-0.2, 0) is 11.3 Å². The Morgan fingerprint density at radius 3 is 2.83 bits per heavy atom. The number of carbonyl (C=O) groups is 1. The minimum absolute atomic E-state index is 0.208. The van der Waals surface area contributed by atoms with E-state index in [1.165, 1.54) is 0 Å². The van der Waals surface area contributed by atoms with Crippen molar-refractivity contribution in [3.8, 4) is 0 Å². The van der Waals surface area contributed by atoms with Crippen molar-refractivity contribution < 1.29 is 9.53 Å². The van der Waals surface area contributed by atoms with Gasteiger partial charge in [0, 0.05) is 37.1 Å². The van der Waals surface area contributed by atoms with E-state index in [4.69, 9.17) is 10.5 Å². The molecule has 0 spiro atoms. The number of amides is 1. The van der Waals surface area contributed by atoms with Crippen LogP contribution in [0.5, 0.6) is 0 Å². The Bertz CT molecular complexity index is 388. The Kier molecular flexibility index (Phi) is 5.78. The van der Waals surface area contributed by atoms with Crippen LogP contribution in [0.1, 0.15) is 35.5 Å². The average Bonchev–Trinajstić information content (AvgIpc) is 2.75. The van der Waals surface area contributed by atoms with Crippen LogP contribution in [0.2, 0.25) is 0 Å². The van der Waals surface area contributed by atoms with E-state index < -0.39 is 0 Å². The number of hydrogen-bond donors (Lipinski definition) is 2. The standard InChI is InChI=1S/C13H22N2O2S/c1-13(2,4-5-17-3)9-15-7-11-6-10(8-18-11)12(14)16/h6,8,15H,4-5,7,9H2,1-3H3,(H2,14,16). The summed E-state index contributed by atoms with van der Waals surface area (Å²) >= 11 is 1.56. The van der Waals surface area contributed by atoms with Gasteiger partial charge in [0.25, 0.3) is 0 Å². The van der Waals surface area contributed by atoms with Crippen LogP contribution in [0.3, 0.4) is 0 Å². The van der Waals surface area contributed by atoms with Gasteiger partial charge in [0.05, 0.1) is 5.56 Å². The smallest absolute Gasteiger partial charge is 0.249 e. The summed E-state index contributed by atoms with van der Waals surface area (Å²) < 4.78 is 5.09. The number of nitrogens with two attached hydrogens (primary N) is 1. The van der Waals surface area contributed by atoms with Crippen molar-refractivity contribution in [2.24, 2.45) is 11.1 Å². The minimum atomic E-state index is -0.363. The molecule has 0 saturated heterocycles. The van der Waals surface area contributed by atoms with Crippen LogP contribution in [0.4, 0.5) is 0 Å². The minimum Gasteiger partial charge on any atom is -0.385 e. The molecule has 0 bridgehead atoms. The Hall–Kier alpha value is -0.910. The summed E-state index contributed by atoms with van der Waals surface area (Å²) in [5, 5.41) is 5.21. The molecule has 102 valence electrons. The molecule has 1 rings (SSSR count). The number of carbonyl (C=O) groups excluding carboxylic acids is 1. The fourth-order valence-electron chi connectivity index (χ4n) is 1.59. The zero-order valence-electron chi connectivity index (χ0n) is 11.3. The second-order valence-electron chi connectivity index (χ2n) is 5.18. The van der Waals surface area contributed by atoms with Gasteiger partial charge in [0.15, 0.2) is 0 Å². The predicted molar refractivity (Wildman–Crippen MR) is 74.8 cm³/mol. The Balaban J connectivity index is 2.34. The second kappa shape index (κ2) is 6.87. The Morgan fingerprint density at radius 1 is 1.56 bits per heavy atom. The topological polar surface area (TPSA) is 64.3 Å². The molecule has 3 N–H and O–H groups in total. The van der Waals surface area contributed by atoms with Crippen molar-refractivity contribution in [3.05, 3.63) is 21.9 Å². The van der Waals surface area contributed by atoms with Gasteiger partial charge < -0.3 is 15.8 Å². The lowest BCUT2D eigenvalue weighted by Gasteiger charge is -2.24. The average molecular weight is 270 g/mol. The second-order valence-corrected chi connectivity index (χ2v) is 6.17.